The minimum atomic E-state index is -0.720. The molecule has 0 aliphatic rings. The Labute approximate surface area is 148 Å². The second kappa shape index (κ2) is 8.79. The van der Waals surface area contributed by atoms with Gasteiger partial charge < -0.3 is 10.1 Å². The lowest BCUT2D eigenvalue weighted by atomic mass is 10.1. The van der Waals surface area contributed by atoms with E-state index in [0.29, 0.717) is 5.02 Å². The number of nitro groups is 1. The van der Waals surface area contributed by atoms with Crippen molar-refractivity contribution in [3.05, 3.63) is 74.8 Å². The Balaban J connectivity index is 1.81. The number of hydrogen-bond donors (Lipinski definition) is 1. The minimum Gasteiger partial charge on any atom is -0.455 e. The Bertz CT molecular complexity index is 794. The van der Waals surface area contributed by atoms with Crippen molar-refractivity contribution in [1.29, 1.82) is 0 Å². The molecule has 0 radical (unpaired) electrons. The fraction of sp³-hybridized carbons (Fsp3) is 0.176. The smallest absolute Gasteiger partial charge is 0.311 e. The lowest BCUT2D eigenvalue weighted by Crippen LogP contribution is -2.28. The molecule has 0 aromatic heterocycles. The zero-order chi connectivity index (χ0) is 18.2. The summed E-state index contributed by atoms with van der Waals surface area (Å²) in [6.45, 7) is -0.260. The molecule has 130 valence electrons. The van der Waals surface area contributed by atoms with Gasteiger partial charge >= 0.3 is 5.97 Å². The van der Waals surface area contributed by atoms with Gasteiger partial charge in [0.25, 0.3) is 11.6 Å². The number of nitro benzene ring substituents is 1. The van der Waals surface area contributed by atoms with E-state index in [0.717, 1.165) is 5.56 Å². The summed E-state index contributed by atoms with van der Waals surface area (Å²) < 4.78 is 4.85. The monoisotopic (exact) mass is 362 g/mol. The second-order valence-corrected chi connectivity index (χ2v) is 5.50. The maximum atomic E-state index is 11.8. The van der Waals surface area contributed by atoms with E-state index in [9.17, 15) is 19.7 Å². The standard InChI is InChI=1S/C17H15ClN2O5/c18-14-7-3-1-6-13(14)10-19-16(21)11-25-17(22)9-12-5-2-4-8-15(12)20(23)24/h1-8H,9-11H2,(H,19,21). The highest BCUT2D eigenvalue weighted by molar-refractivity contribution is 6.31. The SMILES string of the molecule is O=C(COC(=O)Cc1ccccc1[N+](=O)[O-])NCc1ccccc1Cl. The predicted octanol–water partition coefficient (Wildman–Crippen LogP) is 2.65. The van der Waals surface area contributed by atoms with Crippen LogP contribution in [0.5, 0.6) is 0 Å². The molecule has 0 heterocycles. The molecule has 0 spiro atoms. The van der Waals surface area contributed by atoms with Crippen molar-refractivity contribution in [3.63, 3.8) is 0 Å². The highest BCUT2D eigenvalue weighted by atomic mass is 35.5. The van der Waals surface area contributed by atoms with Crippen LogP contribution in [0.25, 0.3) is 0 Å². The molecule has 8 heteroatoms. The van der Waals surface area contributed by atoms with Crippen LogP contribution in [-0.2, 0) is 27.3 Å². The lowest BCUT2D eigenvalue weighted by Gasteiger charge is -2.08. The summed E-state index contributed by atoms with van der Waals surface area (Å²) in [6, 6.07) is 12.9. The van der Waals surface area contributed by atoms with E-state index in [1.807, 2.05) is 0 Å². The van der Waals surface area contributed by atoms with Gasteiger partial charge in [-0.05, 0) is 11.6 Å². The molecule has 0 saturated carbocycles. The van der Waals surface area contributed by atoms with Gasteiger partial charge in [-0.15, -0.1) is 0 Å². The maximum Gasteiger partial charge on any atom is 0.311 e. The van der Waals surface area contributed by atoms with Gasteiger partial charge in [-0.2, -0.15) is 0 Å². The van der Waals surface area contributed by atoms with Gasteiger partial charge in [-0.3, -0.25) is 19.7 Å². The summed E-state index contributed by atoms with van der Waals surface area (Å²) in [5.74, 6) is -1.21. The fourth-order valence-electron chi connectivity index (χ4n) is 2.08. The first kappa shape index (κ1) is 18.4. The maximum absolute atomic E-state index is 11.8. The average molecular weight is 363 g/mol. The zero-order valence-electron chi connectivity index (χ0n) is 13.1. The summed E-state index contributed by atoms with van der Waals surface area (Å²) >= 11 is 5.97. The number of esters is 1. The van der Waals surface area contributed by atoms with E-state index >= 15 is 0 Å². The van der Waals surface area contributed by atoms with E-state index in [2.05, 4.69) is 5.32 Å². The lowest BCUT2D eigenvalue weighted by molar-refractivity contribution is -0.385. The second-order valence-electron chi connectivity index (χ2n) is 5.09. The molecule has 7 nitrogen and oxygen atoms in total. The van der Waals surface area contributed by atoms with Crippen molar-refractivity contribution >= 4 is 29.2 Å². The third-order valence-corrected chi connectivity index (χ3v) is 3.69. The third kappa shape index (κ3) is 5.58. The molecule has 0 fully saturated rings. The topological polar surface area (TPSA) is 98.5 Å². The Kier molecular flexibility index (Phi) is 6.47. The Morgan fingerprint density at radius 2 is 1.72 bits per heavy atom. The molecule has 1 amide bonds. The summed E-state index contributed by atoms with van der Waals surface area (Å²) in [5.41, 5.74) is 0.806. The van der Waals surface area contributed by atoms with Gasteiger partial charge in [0.05, 0.1) is 11.3 Å². The normalized spacial score (nSPS) is 10.1. The number of halogens is 1. The molecule has 2 rings (SSSR count). The number of para-hydroxylation sites is 1. The molecule has 0 saturated heterocycles. The van der Waals surface area contributed by atoms with Gasteiger partial charge in [0, 0.05) is 23.2 Å². The number of benzene rings is 2. The van der Waals surface area contributed by atoms with E-state index in [-0.39, 0.29) is 24.2 Å². The van der Waals surface area contributed by atoms with E-state index < -0.39 is 23.4 Å². The van der Waals surface area contributed by atoms with E-state index in [1.54, 1.807) is 30.3 Å². The number of hydrogen-bond acceptors (Lipinski definition) is 5. The molecule has 0 bridgehead atoms. The molecular weight excluding hydrogens is 348 g/mol. The van der Waals surface area contributed by atoms with Crippen LogP contribution in [0.2, 0.25) is 5.02 Å². The number of nitrogens with zero attached hydrogens (tertiary/aromatic N) is 1. The fourth-order valence-corrected chi connectivity index (χ4v) is 2.28. The Hall–Kier alpha value is -2.93. The summed E-state index contributed by atoms with van der Waals surface area (Å²) in [6.07, 6.45) is -0.283. The minimum absolute atomic E-state index is 0.164. The number of ether oxygens (including phenoxy) is 1. The summed E-state index contributed by atoms with van der Waals surface area (Å²) in [7, 11) is 0. The summed E-state index contributed by atoms with van der Waals surface area (Å²) in [5, 5.41) is 14.0. The number of amides is 1. The Morgan fingerprint density at radius 1 is 1.08 bits per heavy atom. The highest BCUT2D eigenvalue weighted by Gasteiger charge is 2.17. The van der Waals surface area contributed by atoms with Gasteiger partial charge in [-0.1, -0.05) is 48.0 Å². The molecule has 2 aromatic carbocycles. The van der Waals surface area contributed by atoms with Crippen LogP contribution in [-0.4, -0.2) is 23.4 Å². The first-order valence-electron chi connectivity index (χ1n) is 7.35. The van der Waals surface area contributed by atoms with Gasteiger partial charge in [-0.25, -0.2) is 0 Å². The van der Waals surface area contributed by atoms with Crippen LogP contribution in [0.15, 0.2) is 48.5 Å². The van der Waals surface area contributed by atoms with Crippen molar-refractivity contribution in [3.8, 4) is 0 Å². The van der Waals surface area contributed by atoms with Crippen LogP contribution in [0.1, 0.15) is 11.1 Å². The van der Waals surface area contributed by atoms with Crippen molar-refractivity contribution in [2.75, 3.05) is 6.61 Å². The van der Waals surface area contributed by atoms with Crippen molar-refractivity contribution < 1.29 is 19.2 Å². The zero-order valence-corrected chi connectivity index (χ0v) is 13.9. The number of carbonyl (C=O) groups is 2. The molecule has 0 aliphatic heterocycles. The van der Waals surface area contributed by atoms with E-state index in [4.69, 9.17) is 16.3 Å². The Morgan fingerprint density at radius 3 is 2.40 bits per heavy atom. The molecule has 0 unspecified atom stereocenters. The van der Waals surface area contributed by atoms with Crippen LogP contribution in [0, 0.1) is 10.1 Å². The molecule has 0 atom stereocenters. The largest absolute Gasteiger partial charge is 0.455 e. The average Bonchev–Trinajstić information content (AvgIpc) is 2.59. The molecule has 1 N–H and O–H groups in total. The van der Waals surface area contributed by atoms with Crippen molar-refractivity contribution in [2.24, 2.45) is 0 Å². The van der Waals surface area contributed by atoms with E-state index in [1.165, 1.54) is 18.2 Å². The predicted molar refractivity (Wildman–Crippen MR) is 91.1 cm³/mol. The van der Waals surface area contributed by atoms with Gasteiger partial charge in [0.15, 0.2) is 6.61 Å². The first-order chi connectivity index (χ1) is 12.0. The third-order valence-electron chi connectivity index (χ3n) is 3.32. The first-order valence-corrected chi connectivity index (χ1v) is 7.73. The van der Waals surface area contributed by atoms with Gasteiger partial charge in [0.2, 0.25) is 0 Å². The quantitative estimate of drug-likeness (QED) is 0.464. The van der Waals surface area contributed by atoms with Crippen LogP contribution in [0.3, 0.4) is 0 Å². The van der Waals surface area contributed by atoms with Crippen LogP contribution < -0.4 is 5.32 Å². The highest BCUT2D eigenvalue weighted by Crippen LogP contribution is 2.18. The van der Waals surface area contributed by atoms with Crippen molar-refractivity contribution in [1.82, 2.24) is 5.32 Å². The van der Waals surface area contributed by atoms with Crippen molar-refractivity contribution in [2.45, 2.75) is 13.0 Å². The van der Waals surface area contributed by atoms with Crippen LogP contribution in [0.4, 0.5) is 5.69 Å². The number of nitrogens with one attached hydrogen (secondary N) is 1. The molecule has 2 aromatic rings. The number of rotatable bonds is 7. The summed E-state index contributed by atoms with van der Waals surface area (Å²) in [4.78, 5) is 33.8. The molecular formula is C17H15ClN2O5. The van der Waals surface area contributed by atoms with Crippen LogP contribution >= 0.6 is 11.6 Å². The molecule has 0 aliphatic carbocycles. The number of carbonyl (C=O) groups excluding carboxylic acids is 2. The molecule has 25 heavy (non-hydrogen) atoms. The van der Waals surface area contributed by atoms with Gasteiger partial charge in [0.1, 0.15) is 0 Å².